The van der Waals surface area contributed by atoms with E-state index < -0.39 is 0 Å². The summed E-state index contributed by atoms with van der Waals surface area (Å²) in [4.78, 5) is 7.07. The van der Waals surface area contributed by atoms with Crippen molar-refractivity contribution in [1.82, 2.24) is 9.88 Å². The second kappa shape index (κ2) is 6.90. The summed E-state index contributed by atoms with van der Waals surface area (Å²) in [5.74, 6) is 2.71. The molecule has 0 spiro atoms. The van der Waals surface area contributed by atoms with E-state index in [0.717, 1.165) is 29.9 Å². The van der Waals surface area contributed by atoms with Gasteiger partial charge in [0.15, 0.2) is 0 Å². The topological polar surface area (TPSA) is 28.2 Å². The highest BCUT2D eigenvalue weighted by molar-refractivity contribution is 5.34. The van der Waals surface area contributed by atoms with Crippen LogP contribution < -0.4 is 5.32 Å². The van der Waals surface area contributed by atoms with E-state index >= 15 is 0 Å². The number of pyridine rings is 1. The zero-order valence-electron chi connectivity index (χ0n) is 12.5. The number of aromatic nitrogens is 1. The predicted octanol–water partition coefficient (Wildman–Crippen LogP) is 3.17. The van der Waals surface area contributed by atoms with E-state index in [9.17, 15) is 0 Å². The fourth-order valence-corrected chi connectivity index (χ4v) is 3.14. The molecule has 106 valence electrons. The predicted molar refractivity (Wildman–Crippen MR) is 81.5 cm³/mol. The highest BCUT2D eigenvalue weighted by Crippen LogP contribution is 2.20. The number of likely N-dealkylation sites (tertiary alicyclic amines) is 1. The highest BCUT2D eigenvalue weighted by atomic mass is 15.1. The Labute approximate surface area is 117 Å². The van der Waals surface area contributed by atoms with Crippen molar-refractivity contribution in [2.75, 3.05) is 31.5 Å². The summed E-state index contributed by atoms with van der Waals surface area (Å²) < 4.78 is 0. The highest BCUT2D eigenvalue weighted by Gasteiger charge is 2.20. The second-order valence-corrected chi connectivity index (χ2v) is 6.15. The van der Waals surface area contributed by atoms with Gasteiger partial charge in [0.05, 0.1) is 0 Å². The molecule has 1 aromatic heterocycles. The first-order valence-corrected chi connectivity index (χ1v) is 7.53. The second-order valence-electron chi connectivity index (χ2n) is 6.15. The summed E-state index contributed by atoms with van der Waals surface area (Å²) in [7, 11) is 0. The summed E-state index contributed by atoms with van der Waals surface area (Å²) >= 11 is 0. The largest absolute Gasteiger partial charge is 0.370 e. The van der Waals surface area contributed by atoms with E-state index in [4.69, 9.17) is 0 Å². The van der Waals surface area contributed by atoms with E-state index in [1.807, 2.05) is 19.1 Å². The number of piperidine rings is 1. The van der Waals surface area contributed by atoms with Gasteiger partial charge in [0.2, 0.25) is 0 Å². The molecule has 1 fully saturated rings. The van der Waals surface area contributed by atoms with E-state index in [2.05, 4.69) is 35.1 Å². The third kappa shape index (κ3) is 4.83. The van der Waals surface area contributed by atoms with E-state index in [-0.39, 0.29) is 0 Å². The van der Waals surface area contributed by atoms with Crippen LogP contribution in [-0.2, 0) is 0 Å². The minimum absolute atomic E-state index is 0.857. The van der Waals surface area contributed by atoms with Gasteiger partial charge in [-0.3, -0.25) is 0 Å². The quantitative estimate of drug-likeness (QED) is 0.825. The number of rotatable bonds is 5. The van der Waals surface area contributed by atoms with Crippen molar-refractivity contribution in [2.45, 2.75) is 33.6 Å². The number of nitrogens with zero attached hydrogens (tertiary/aromatic N) is 2. The van der Waals surface area contributed by atoms with Gasteiger partial charge in [-0.15, -0.1) is 0 Å². The molecule has 3 heteroatoms. The molecule has 0 aliphatic carbocycles. The molecular formula is C16H27N3. The van der Waals surface area contributed by atoms with Gasteiger partial charge in [-0.25, -0.2) is 4.98 Å². The molecule has 1 saturated heterocycles. The lowest BCUT2D eigenvalue weighted by atomic mass is 9.92. The number of hydrogen-bond donors (Lipinski definition) is 1. The van der Waals surface area contributed by atoms with Gasteiger partial charge in [-0.2, -0.15) is 0 Å². The van der Waals surface area contributed by atoms with Crippen LogP contribution in [0.3, 0.4) is 0 Å². The normalized spacial score (nSPS) is 24.4. The maximum absolute atomic E-state index is 4.46. The molecule has 2 unspecified atom stereocenters. The molecule has 2 rings (SSSR count). The molecule has 0 amide bonds. The number of aryl methyl sites for hydroxylation is 1. The van der Waals surface area contributed by atoms with Gasteiger partial charge >= 0.3 is 0 Å². The van der Waals surface area contributed by atoms with Gasteiger partial charge in [-0.1, -0.05) is 19.9 Å². The Morgan fingerprint density at radius 3 is 2.68 bits per heavy atom. The Bertz CT molecular complexity index is 381. The van der Waals surface area contributed by atoms with Crippen molar-refractivity contribution in [1.29, 1.82) is 0 Å². The standard InChI is InChI=1S/C16H27N3/c1-13-10-14(2)12-19(11-13)9-5-8-17-16-7-4-6-15(3)18-16/h4,6-7,13-14H,5,8-12H2,1-3H3,(H,17,18). The number of nitrogens with one attached hydrogen (secondary N) is 1. The third-order valence-corrected chi connectivity index (χ3v) is 3.79. The first kappa shape index (κ1) is 14.3. The summed E-state index contributed by atoms with van der Waals surface area (Å²) in [5, 5.41) is 3.41. The van der Waals surface area contributed by atoms with Crippen LogP contribution in [0.2, 0.25) is 0 Å². The van der Waals surface area contributed by atoms with E-state index in [0.29, 0.717) is 0 Å². The van der Waals surface area contributed by atoms with Crippen LogP contribution in [0.4, 0.5) is 5.82 Å². The molecule has 2 atom stereocenters. The van der Waals surface area contributed by atoms with Crippen molar-refractivity contribution in [2.24, 2.45) is 11.8 Å². The fourth-order valence-electron chi connectivity index (χ4n) is 3.14. The molecule has 1 aliphatic heterocycles. The Kier molecular flexibility index (Phi) is 5.20. The zero-order valence-corrected chi connectivity index (χ0v) is 12.5. The van der Waals surface area contributed by atoms with E-state index in [1.165, 1.54) is 32.5 Å². The first-order valence-electron chi connectivity index (χ1n) is 7.53. The third-order valence-electron chi connectivity index (χ3n) is 3.79. The van der Waals surface area contributed by atoms with Gasteiger partial charge in [0.1, 0.15) is 5.82 Å². The Morgan fingerprint density at radius 2 is 2.00 bits per heavy atom. The van der Waals surface area contributed by atoms with Crippen LogP contribution in [0.1, 0.15) is 32.4 Å². The molecular weight excluding hydrogens is 234 g/mol. The van der Waals surface area contributed by atoms with Crippen molar-refractivity contribution in [3.63, 3.8) is 0 Å². The maximum Gasteiger partial charge on any atom is 0.126 e. The maximum atomic E-state index is 4.46. The smallest absolute Gasteiger partial charge is 0.126 e. The molecule has 0 saturated carbocycles. The lowest BCUT2D eigenvalue weighted by molar-refractivity contribution is 0.141. The van der Waals surface area contributed by atoms with Gasteiger partial charge in [0, 0.05) is 25.3 Å². The minimum Gasteiger partial charge on any atom is -0.370 e. The summed E-state index contributed by atoms with van der Waals surface area (Å²) in [6.07, 6.45) is 2.58. The molecule has 19 heavy (non-hydrogen) atoms. The van der Waals surface area contributed by atoms with Crippen molar-refractivity contribution in [3.05, 3.63) is 23.9 Å². The summed E-state index contributed by atoms with van der Waals surface area (Å²) in [5.41, 5.74) is 1.07. The van der Waals surface area contributed by atoms with Gasteiger partial charge in [0.25, 0.3) is 0 Å². The summed E-state index contributed by atoms with van der Waals surface area (Å²) in [6.45, 7) is 11.5. The monoisotopic (exact) mass is 261 g/mol. The average molecular weight is 261 g/mol. The molecule has 0 bridgehead atoms. The average Bonchev–Trinajstić information content (AvgIpc) is 2.34. The van der Waals surface area contributed by atoms with Crippen LogP contribution in [0.5, 0.6) is 0 Å². The molecule has 2 heterocycles. The molecule has 1 N–H and O–H groups in total. The fraction of sp³-hybridized carbons (Fsp3) is 0.688. The van der Waals surface area contributed by atoms with Crippen LogP contribution >= 0.6 is 0 Å². The molecule has 1 aromatic rings. The van der Waals surface area contributed by atoms with Crippen LogP contribution in [0.15, 0.2) is 18.2 Å². The molecule has 0 aromatic carbocycles. The number of anilines is 1. The van der Waals surface area contributed by atoms with Crippen LogP contribution in [0, 0.1) is 18.8 Å². The Morgan fingerprint density at radius 1 is 1.26 bits per heavy atom. The van der Waals surface area contributed by atoms with Gasteiger partial charge < -0.3 is 10.2 Å². The zero-order chi connectivity index (χ0) is 13.7. The van der Waals surface area contributed by atoms with Crippen molar-refractivity contribution in [3.8, 4) is 0 Å². The molecule has 0 radical (unpaired) electrons. The number of hydrogen-bond acceptors (Lipinski definition) is 3. The van der Waals surface area contributed by atoms with Crippen molar-refractivity contribution >= 4 is 5.82 Å². The lowest BCUT2D eigenvalue weighted by Gasteiger charge is -2.34. The Hall–Kier alpha value is -1.09. The van der Waals surface area contributed by atoms with E-state index in [1.54, 1.807) is 0 Å². The van der Waals surface area contributed by atoms with Crippen LogP contribution in [-0.4, -0.2) is 36.1 Å². The molecule has 1 aliphatic rings. The first-order chi connectivity index (χ1) is 9.13. The van der Waals surface area contributed by atoms with Crippen molar-refractivity contribution < 1.29 is 0 Å². The van der Waals surface area contributed by atoms with Crippen LogP contribution in [0.25, 0.3) is 0 Å². The Balaban J connectivity index is 1.66. The minimum atomic E-state index is 0.857. The summed E-state index contributed by atoms with van der Waals surface area (Å²) in [6, 6.07) is 6.12. The van der Waals surface area contributed by atoms with Gasteiger partial charge in [-0.05, 0) is 50.3 Å². The lowest BCUT2D eigenvalue weighted by Crippen LogP contribution is -2.39. The molecule has 3 nitrogen and oxygen atoms in total. The SMILES string of the molecule is Cc1cccc(NCCCN2CC(C)CC(C)C2)n1.